The Morgan fingerprint density at radius 1 is 0.407 bits per heavy atom. The molecular weight excluding hydrogens is 651 g/mol. The van der Waals surface area contributed by atoms with Gasteiger partial charge in [0, 0.05) is 22.2 Å². The van der Waals surface area contributed by atoms with E-state index < -0.39 is 5.41 Å². The largest absolute Gasteiger partial charge is 0.302 e. The fourth-order valence-electron chi connectivity index (χ4n) is 8.58. The molecule has 0 atom stereocenters. The molecule has 0 amide bonds. The molecule has 54 heavy (non-hydrogen) atoms. The average Bonchev–Trinajstić information content (AvgIpc) is 3.56. The normalized spacial score (nSPS) is 12.4. The maximum Gasteiger partial charge on any atom is 0.0974 e. The van der Waals surface area contributed by atoms with Crippen molar-refractivity contribution >= 4 is 27.8 Å². The summed E-state index contributed by atoms with van der Waals surface area (Å²) in [5.41, 5.74) is 14.6. The van der Waals surface area contributed by atoms with E-state index in [2.05, 4.69) is 223 Å². The predicted molar refractivity (Wildman–Crippen MR) is 224 cm³/mol. The van der Waals surface area contributed by atoms with Gasteiger partial charge in [-0.25, -0.2) is 0 Å². The number of anilines is 3. The summed E-state index contributed by atoms with van der Waals surface area (Å²) < 4.78 is 0. The Morgan fingerprint density at radius 2 is 0.963 bits per heavy atom. The van der Waals surface area contributed by atoms with Crippen LogP contribution in [0.3, 0.4) is 0 Å². The molecule has 1 nitrogen and oxygen atoms in total. The lowest BCUT2D eigenvalue weighted by atomic mass is 9.67. The van der Waals surface area contributed by atoms with Gasteiger partial charge in [0.2, 0.25) is 0 Å². The van der Waals surface area contributed by atoms with E-state index in [-0.39, 0.29) is 0 Å². The quantitative estimate of drug-likeness (QED) is 0.161. The van der Waals surface area contributed by atoms with Crippen molar-refractivity contribution in [3.63, 3.8) is 0 Å². The standard InChI is InChI=1S/C53H35N/c1-5-17-38(18-6-1)40-29-33-45(34-30-40)54(46-35-31-41(32-36-46)39-19-7-2-8-20-39)52-47-26-14-13-21-42(47)37-50-51(52)48-27-15-16-28-49(48)53(50,43-22-9-3-10-23-43)44-24-11-4-12-25-44/h1-31,33-35,37H. The van der Waals surface area contributed by atoms with E-state index >= 15 is 0 Å². The first-order chi connectivity index (χ1) is 26.8. The Balaban J connectivity index is 1.30. The summed E-state index contributed by atoms with van der Waals surface area (Å²) in [5, 5.41) is 2.36. The number of benzene rings is 8. The molecule has 9 aromatic carbocycles. The second kappa shape index (κ2) is 13.1. The molecule has 0 heterocycles. The van der Waals surface area contributed by atoms with E-state index in [0.717, 1.165) is 28.2 Å². The Labute approximate surface area is 317 Å². The molecule has 10 rings (SSSR count). The zero-order valence-corrected chi connectivity index (χ0v) is 29.7. The second-order valence-corrected chi connectivity index (χ2v) is 13.9. The Kier molecular flexibility index (Phi) is 7.68. The highest BCUT2D eigenvalue weighted by atomic mass is 15.1. The minimum Gasteiger partial charge on any atom is -0.302 e. The fraction of sp³-hybridized carbons (Fsp3) is 0.0189. The molecule has 0 saturated heterocycles. The lowest BCUT2D eigenvalue weighted by Gasteiger charge is -2.35. The van der Waals surface area contributed by atoms with Gasteiger partial charge in [-0.3, -0.25) is 0 Å². The molecule has 0 spiro atoms. The van der Waals surface area contributed by atoms with Crippen LogP contribution in [0.5, 0.6) is 0 Å². The van der Waals surface area contributed by atoms with Gasteiger partial charge in [-0.15, -0.1) is 0 Å². The van der Waals surface area contributed by atoms with Crippen molar-refractivity contribution < 1.29 is 0 Å². The van der Waals surface area contributed by atoms with Crippen LogP contribution >= 0.6 is 0 Å². The Bertz CT molecular complexity index is 2600. The van der Waals surface area contributed by atoms with Crippen LogP contribution in [0.1, 0.15) is 22.3 Å². The number of hydrogen-bond donors (Lipinski definition) is 0. The second-order valence-electron chi connectivity index (χ2n) is 13.9. The first-order valence-electron chi connectivity index (χ1n) is 18.5. The predicted octanol–water partition coefficient (Wildman–Crippen LogP) is 13.6. The molecule has 9 aromatic rings. The molecule has 0 unspecified atom stereocenters. The molecule has 1 aliphatic rings. The topological polar surface area (TPSA) is 3.24 Å². The summed E-state index contributed by atoms with van der Waals surface area (Å²) in [6.07, 6.45) is 0. The van der Waals surface area contributed by atoms with Crippen LogP contribution in [0.25, 0.3) is 44.2 Å². The third-order valence-corrected chi connectivity index (χ3v) is 11.0. The third kappa shape index (κ3) is 5.04. The van der Waals surface area contributed by atoms with Gasteiger partial charge in [-0.05, 0) is 86.3 Å². The summed E-state index contributed by atoms with van der Waals surface area (Å²) in [6, 6.07) is 83.9. The van der Waals surface area contributed by atoms with E-state index in [4.69, 9.17) is 0 Å². The third-order valence-electron chi connectivity index (χ3n) is 11.0. The summed E-state index contributed by atoms with van der Waals surface area (Å²) >= 11 is 0. The number of rotatable bonds is 7. The summed E-state index contributed by atoms with van der Waals surface area (Å²) in [6.45, 7) is 0. The van der Waals surface area contributed by atoms with Crippen molar-refractivity contribution in [3.05, 3.63) is 247 Å². The molecule has 0 saturated carbocycles. The molecule has 252 valence electrons. The first kappa shape index (κ1) is 31.6. The van der Waals surface area contributed by atoms with Gasteiger partial charge in [0.1, 0.15) is 0 Å². The molecule has 1 heteroatoms. The lowest BCUT2D eigenvalue weighted by Crippen LogP contribution is -2.28. The Morgan fingerprint density at radius 3 is 1.61 bits per heavy atom. The van der Waals surface area contributed by atoms with Gasteiger partial charge in [-0.2, -0.15) is 0 Å². The monoisotopic (exact) mass is 685 g/mol. The van der Waals surface area contributed by atoms with Crippen molar-refractivity contribution in [2.24, 2.45) is 0 Å². The van der Waals surface area contributed by atoms with E-state index in [1.54, 1.807) is 0 Å². The van der Waals surface area contributed by atoms with Gasteiger partial charge >= 0.3 is 0 Å². The van der Waals surface area contributed by atoms with E-state index in [1.165, 1.54) is 55.3 Å². The van der Waals surface area contributed by atoms with Gasteiger partial charge in [0.05, 0.1) is 16.8 Å². The molecule has 0 N–H and O–H groups in total. The van der Waals surface area contributed by atoms with Crippen LogP contribution in [-0.2, 0) is 5.41 Å². The zero-order chi connectivity index (χ0) is 35.9. The van der Waals surface area contributed by atoms with Crippen molar-refractivity contribution in [2.45, 2.75) is 5.41 Å². The number of hydrogen-bond acceptors (Lipinski definition) is 1. The van der Waals surface area contributed by atoms with Crippen LogP contribution in [0, 0.1) is 12.1 Å². The molecule has 0 fully saturated rings. The maximum atomic E-state index is 3.64. The highest BCUT2D eigenvalue weighted by molar-refractivity contribution is 6.10. The SMILES string of the molecule is c1c(-c2ccccc2)ccc(N(c2ccc(-c3ccccc3)cc2)c2c3c(cc4ccccc24)C(c2ccccc2)(c2ccccc2)c2ccccc2-3)c#1. The average molecular weight is 686 g/mol. The van der Waals surface area contributed by atoms with Crippen LogP contribution < -0.4 is 4.90 Å². The smallest absolute Gasteiger partial charge is 0.0974 e. The zero-order valence-electron chi connectivity index (χ0n) is 29.7. The molecule has 1 aliphatic carbocycles. The van der Waals surface area contributed by atoms with Crippen molar-refractivity contribution in [2.75, 3.05) is 4.90 Å². The number of fused-ring (bicyclic) bond motifs is 4. The summed E-state index contributed by atoms with van der Waals surface area (Å²) in [4.78, 5) is 2.41. The minimum absolute atomic E-state index is 0.539. The highest BCUT2D eigenvalue weighted by Crippen LogP contribution is 2.61. The molecule has 0 bridgehead atoms. The van der Waals surface area contributed by atoms with Gasteiger partial charge in [0.15, 0.2) is 0 Å². The molecule has 0 aliphatic heterocycles. The molecule has 0 radical (unpaired) electrons. The van der Waals surface area contributed by atoms with Gasteiger partial charge in [-0.1, -0.05) is 188 Å². The van der Waals surface area contributed by atoms with Crippen molar-refractivity contribution in [1.82, 2.24) is 0 Å². The van der Waals surface area contributed by atoms with Crippen LogP contribution in [0.2, 0.25) is 0 Å². The van der Waals surface area contributed by atoms with Crippen LogP contribution in [0.15, 0.2) is 212 Å². The van der Waals surface area contributed by atoms with Crippen molar-refractivity contribution in [3.8, 4) is 33.4 Å². The van der Waals surface area contributed by atoms with E-state index in [0.29, 0.717) is 0 Å². The number of nitrogens with zero attached hydrogens (tertiary/aromatic N) is 1. The lowest BCUT2D eigenvalue weighted by molar-refractivity contribution is 0.769. The molecule has 0 aromatic heterocycles. The molecular formula is C53H35N. The Hall–Kier alpha value is -7.14. The summed E-state index contributed by atoms with van der Waals surface area (Å²) in [7, 11) is 0. The maximum absolute atomic E-state index is 3.64. The minimum atomic E-state index is -0.539. The van der Waals surface area contributed by atoms with Gasteiger partial charge < -0.3 is 4.90 Å². The van der Waals surface area contributed by atoms with Crippen molar-refractivity contribution in [1.29, 1.82) is 0 Å². The fourth-order valence-corrected chi connectivity index (χ4v) is 8.58. The summed E-state index contributed by atoms with van der Waals surface area (Å²) in [5.74, 6) is 0. The van der Waals surface area contributed by atoms with E-state index in [1.807, 2.05) is 6.07 Å². The van der Waals surface area contributed by atoms with Gasteiger partial charge in [0.25, 0.3) is 0 Å². The van der Waals surface area contributed by atoms with Crippen LogP contribution in [-0.4, -0.2) is 0 Å². The van der Waals surface area contributed by atoms with E-state index in [9.17, 15) is 0 Å². The first-order valence-corrected chi connectivity index (χ1v) is 18.5. The van der Waals surface area contributed by atoms with Crippen LogP contribution in [0.4, 0.5) is 17.1 Å². The highest BCUT2D eigenvalue weighted by Gasteiger charge is 2.48.